The van der Waals surface area contributed by atoms with Gasteiger partial charge < -0.3 is 10.3 Å². The molecule has 3 aromatic rings. The average molecular weight is 229 g/mol. The van der Waals surface area contributed by atoms with Gasteiger partial charge in [-0.05, 0) is 6.07 Å². The van der Waals surface area contributed by atoms with Crippen LogP contribution in [-0.2, 0) is 13.6 Å². The SMILES string of the molecule is Cn1ncc2ccc(-c3noc(CN)n3)cc21. The van der Waals surface area contributed by atoms with Gasteiger partial charge in [-0.25, -0.2) is 0 Å². The fourth-order valence-corrected chi connectivity index (χ4v) is 1.74. The summed E-state index contributed by atoms with van der Waals surface area (Å²) < 4.78 is 6.79. The Hall–Kier alpha value is -2.21. The second-order valence-corrected chi connectivity index (χ2v) is 3.76. The van der Waals surface area contributed by atoms with Gasteiger partial charge in [0.1, 0.15) is 0 Å². The summed E-state index contributed by atoms with van der Waals surface area (Å²) in [5, 5.41) is 9.15. The Kier molecular flexibility index (Phi) is 2.15. The minimum Gasteiger partial charge on any atom is -0.338 e. The number of nitrogens with two attached hydrogens (primary N) is 1. The van der Waals surface area contributed by atoms with Crippen LogP contribution in [0.25, 0.3) is 22.3 Å². The standard InChI is InChI=1S/C11H11N5O/c1-16-9-4-7(2-3-8(9)6-13-16)11-14-10(5-12)17-15-11/h2-4,6H,5,12H2,1H3. The highest BCUT2D eigenvalue weighted by atomic mass is 16.5. The molecule has 1 aromatic carbocycles. The third kappa shape index (κ3) is 1.58. The fraction of sp³-hybridized carbons (Fsp3) is 0.182. The Morgan fingerprint density at radius 3 is 3.06 bits per heavy atom. The molecular weight excluding hydrogens is 218 g/mol. The van der Waals surface area contributed by atoms with Crippen molar-refractivity contribution in [3.05, 3.63) is 30.3 Å². The molecule has 0 fully saturated rings. The van der Waals surface area contributed by atoms with Gasteiger partial charge in [-0.15, -0.1) is 0 Å². The summed E-state index contributed by atoms with van der Waals surface area (Å²) in [4.78, 5) is 4.19. The first-order valence-electron chi connectivity index (χ1n) is 5.23. The van der Waals surface area contributed by atoms with E-state index in [-0.39, 0.29) is 6.54 Å². The molecule has 0 atom stereocenters. The molecule has 0 amide bonds. The second kappa shape index (κ2) is 3.67. The molecule has 2 N–H and O–H groups in total. The Balaban J connectivity index is 2.13. The maximum absolute atomic E-state index is 5.43. The summed E-state index contributed by atoms with van der Waals surface area (Å²) in [7, 11) is 1.90. The first kappa shape index (κ1) is 9.98. The Morgan fingerprint density at radius 2 is 2.29 bits per heavy atom. The molecular formula is C11H11N5O. The van der Waals surface area contributed by atoms with Crippen LogP contribution in [0, 0.1) is 0 Å². The Labute approximate surface area is 97.0 Å². The zero-order valence-electron chi connectivity index (χ0n) is 9.29. The highest BCUT2D eigenvalue weighted by molar-refractivity contribution is 5.83. The van der Waals surface area contributed by atoms with E-state index in [1.54, 1.807) is 0 Å². The molecule has 0 aliphatic rings. The molecule has 6 nitrogen and oxygen atoms in total. The maximum atomic E-state index is 5.43. The minimum absolute atomic E-state index is 0.251. The van der Waals surface area contributed by atoms with Crippen molar-refractivity contribution < 1.29 is 4.52 Å². The number of fused-ring (bicyclic) bond motifs is 1. The first-order valence-corrected chi connectivity index (χ1v) is 5.23. The molecule has 86 valence electrons. The average Bonchev–Trinajstić information content (AvgIpc) is 2.96. The third-order valence-corrected chi connectivity index (χ3v) is 2.65. The largest absolute Gasteiger partial charge is 0.338 e. The number of benzene rings is 1. The molecule has 0 unspecified atom stereocenters. The van der Waals surface area contributed by atoms with Crippen LogP contribution in [0.4, 0.5) is 0 Å². The third-order valence-electron chi connectivity index (χ3n) is 2.65. The first-order chi connectivity index (χ1) is 8.28. The molecule has 6 heteroatoms. The smallest absolute Gasteiger partial charge is 0.240 e. The van der Waals surface area contributed by atoms with Gasteiger partial charge in [0.25, 0.3) is 0 Å². The number of aryl methyl sites for hydroxylation is 1. The van der Waals surface area contributed by atoms with E-state index in [2.05, 4.69) is 15.2 Å². The lowest BCUT2D eigenvalue weighted by Gasteiger charge is -1.97. The zero-order valence-corrected chi connectivity index (χ0v) is 9.29. The molecule has 0 aliphatic carbocycles. The van der Waals surface area contributed by atoms with Crippen molar-refractivity contribution in [1.82, 2.24) is 19.9 Å². The van der Waals surface area contributed by atoms with E-state index in [0.717, 1.165) is 16.5 Å². The quantitative estimate of drug-likeness (QED) is 0.711. The van der Waals surface area contributed by atoms with Crippen LogP contribution in [0.2, 0.25) is 0 Å². The van der Waals surface area contributed by atoms with E-state index in [4.69, 9.17) is 10.3 Å². The van der Waals surface area contributed by atoms with Gasteiger partial charge in [-0.2, -0.15) is 10.1 Å². The van der Waals surface area contributed by atoms with Gasteiger partial charge in [0.2, 0.25) is 11.7 Å². The summed E-state index contributed by atoms with van der Waals surface area (Å²) in [6.45, 7) is 0.251. The molecule has 17 heavy (non-hydrogen) atoms. The number of rotatable bonds is 2. The molecule has 0 saturated heterocycles. The van der Waals surface area contributed by atoms with Gasteiger partial charge >= 0.3 is 0 Å². The molecule has 0 radical (unpaired) electrons. The molecule has 0 saturated carbocycles. The topological polar surface area (TPSA) is 82.8 Å². The van der Waals surface area contributed by atoms with Gasteiger partial charge in [0, 0.05) is 18.0 Å². The minimum atomic E-state index is 0.251. The highest BCUT2D eigenvalue weighted by Gasteiger charge is 2.09. The van der Waals surface area contributed by atoms with Gasteiger partial charge in [-0.3, -0.25) is 4.68 Å². The van der Waals surface area contributed by atoms with Gasteiger partial charge in [0.05, 0.1) is 18.3 Å². The van der Waals surface area contributed by atoms with Crippen molar-refractivity contribution in [3.63, 3.8) is 0 Å². The molecule has 2 aromatic heterocycles. The lowest BCUT2D eigenvalue weighted by atomic mass is 10.1. The van der Waals surface area contributed by atoms with Crippen molar-refractivity contribution in [3.8, 4) is 11.4 Å². The van der Waals surface area contributed by atoms with E-state index < -0.39 is 0 Å². The Morgan fingerprint density at radius 1 is 1.41 bits per heavy atom. The molecule has 0 bridgehead atoms. The Bertz CT molecular complexity index is 669. The molecule has 2 heterocycles. The van der Waals surface area contributed by atoms with E-state index in [1.165, 1.54) is 0 Å². The number of aromatic nitrogens is 4. The lowest BCUT2D eigenvalue weighted by molar-refractivity contribution is 0.380. The fourth-order valence-electron chi connectivity index (χ4n) is 1.74. The number of hydrogen-bond donors (Lipinski definition) is 1. The molecule has 0 aliphatic heterocycles. The van der Waals surface area contributed by atoms with Crippen molar-refractivity contribution in [2.24, 2.45) is 12.8 Å². The molecule has 3 rings (SSSR count). The predicted molar refractivity (Wildman–Crippen MR) is 61.9 cm³/mol. The predicted octanol–water partition coefficient (Wildman–Crippen LogP) is 1.08. The normalized spacial score (nSPS) is 11.2. The lowest BCUT2D eigenvalue weighted by Crippen LogP contribution is -1.95. The van der Waals surface area contributed by atoms with Crippen molar-refractivity contribution in [1.29, 1.82) is 0 Å². The number of nitrogens with zero attached hydrogens (tertiary/aromatic N) is 4. The monoisotopic (exact) mass is 229 g/mol. The van der Waals surface area contributed by atoms with E-state index in [1.807, 2.05) is 36.1 Å². The van der Waals surface area contributed by atoms with E-state index in [0.29, 0.717) is 11.7 Å². The summed E-state index contributed by atoms with van der Waals surface area (Å²) >= 11 is 0. The van der Waals surface area contributed by atoms with Gasteiger partial charge in [-0.1, -0.05) is 17.3 Å². The van der Waals surface area contributed by atoms with Crippen LogP contribution >= 0.6 is 0 Å². The van der Waals surface area contributed by atoms with Crippen molar-refractivity contribution in [2.45, 2.75) is 6.54 Å². The van der Waals surface area contributed by atoms with Gasteiger partial charge in [0.15, 0.2) is 0 Å². The van der Waals surface area contributed by atoms with Crippen LogP contribution in [0.15, 0.2) is 28.9 Å². The van der Waals surface area contributed by atoms with Crippen LogP contribution in [0.5, 0.6) is 0 Å². The second-order valence-electron chi connectivity index (χ2n) is 3.76. The van der Waals surface area contributed by atoms with Crippen LogP contribution in [0.3, 0.4) is 0 Å². The van der Waals surface area contributed by atoms with Crippen LogP contribution in [-0.4, -0.2) is 19.9 Å². The summed E-state index contributed by atoms with van der Waals surface area (Å²) in [5.41, 5.74) is 7.35. The van der Waals surface area contributed by atoms with E-state index >= 15 is 0 Å². The summed E-state index contributed by atoms with van der Waals surface area (Å²) in [6, 6.07) is 5.90. The molecule has 0 spiro atoms. The summed E-state index contributed by atoms with van der Waals surface area (Å²) in [5.74, 6) is 0.985. The van der Waals surface area contributed by atoms with Crippen molar-refractivity contribution >= 4 is 10.9 Å². The zero-order chi connectivity index (χ0) is 11.8. The van der Waals surface area contributed by atoms with Crippen molar-refractivity contribution in [2.75, 3.05) is 0 Å². The summed E-state index contributed by atoms with van der Waals surface area (Å²) in [6.07, 6.45) is 1.82. The maximum Gasteiger partial charge on any atom is 0.240 e. The van der Waals surface area contributed by atoms with Crippen LogP contribution in [0.1, 0.15) is 5.89 Å². The number of hydrogen-bond acceptors (Lipinski definition) is 5. The van der Waals surface area contributed by atoms with E-state index in [9.17, 15) is 0 Å². The highest BCUT2D eigenvalue weighted by Crippen LogP contribution is 2.21. The van der Waals surface area contributed by atoms with Crippen LogP contribution < -0.4 is 5.73 Å².